The summed E-state index contributed by atoms with van der Waals surface area (Å²) in [5.74, 6) is -1.20. The van der Waals surface area contributed by atoms with Crippen molar-refractivity contribution in [3.63, 3.8) is 0 Å². The van der Waals surface area contributed by atoms with Crippen LogP contribution in [0, 0.1) is 0 Å². The van der Waals surface area contributed by atoms with Gasteiger partial charge >= 0.3 is 11.9 Å². The van der Waals surface area contributed by atoms with Crippen LogP contribution in [0.1, 0.15) is 52.6 Å². The van der Waals surface area contributed by atoms with Crippen molar-refractivity contribution in [2.24, 2.45) is 0 Å². The van der Waals surface area contributed by atoms with Gasteiger partial charge in [0.1, 0.15) is 23.0 Å². The van der Waals surface area contributed by atoms with Crippen LogP contribution in [0.25, 0.3) is 23.3 Å². The molecule has 0 atom stereocenters. The van der Waals surface area contributed by atoms with Crippen LogP contribution in [0.15, 0.2) is 147 Å². The van der Waals surface area contributed by atoms with Gasteiger partial charge in [0.2, 0.25) is 0 Å². The average Bonchev–Trinajstić information content (AvgIpc) is 3.19. The fourth-order valence-electron chi connectivity index (χ4n) is 5.44. The van der Waals surface area contributed by atoms with Crippen LogP contribution in [0.5, 0.6) is 23.0 Å². The molecule has 10 nitrogen and oxygen atoms in total. The van der Waals surface area contributed by atoms with Gasteiger partial charge in [0, 0.05) is 11.4 Å². The molecule has 0 aliphatic carbocycles. The van der Waals surface area contributed by atoms with Crippen molar-refractivity contribution in [1.29, 1.82) is 0 Å². The van der Waals surface area contributed by atoms with Crippen LogP contribution in [-0.4, -0.2) is 34.0 Å². The molecule has 0 aliphatic rings. The van der Waals surface area contributed by atoms with Crippen LogP contribution < -0.4 is 20.1 Å². The molecule has 0 fully saturated rings. The average molecular weight is 717 g/mol. The van der Waals surface area contributed by atoms with E-state index in [1.807, 2.05) is 48.5 Å². The minimum atomic E-state index is -1.21. The van der Waals surface area contributed by atoms with E-state index in [9.17, 15) is 29.4 Å². The Bertz CT molecular complexity index is 2380. The van der Waals surface area contributed by atoms with Crippen molar-refractivity contribution in [1.82, 2.24) is 0 Å². The molecule has 0 aliphatic heterocycles. The molecule has 6 aromatic carbocycles. The predicted molar refractivity (Wildman–Crippen MR) is 208 cm³/mol. The van der Waals surface area contributed by atoms with E-state index >= 15 is 0 Å². The summed E-state index contributed by atoms with van der Waals surface area (Å²) in [5, 5.41) is 24.5. The second-order valence-electron chi connectivity index (χ2n) is 11.8. The first-order valence-electron chi connectivity index (χ1n) is 16.5. The molecular formula is C44H32N2O8. The molecule has 0 radical (unpaired) electrons. The van der Waals surface area contributed by atoms with Crippen molar-refractivity contribution >= 4 is 47.3 Å². The minimum absolute atomic E-state index is 0.0319. The minimum Gasteiger partial charge on any atom is -0.478 e. The largest absolute Gasteiger partial charge is 0.478 e. The summed E-state index contributed by atoms with van der Waals surface area (Å²) in [5.41, 5.74) is 3.94. The van der Waals surface area contributed by atoms with Crippen LogP contribution >= 0.6 is 0 Å². The molecule has 6 rings (SSSR count). The molecule has 0 heterocycles. The van der Waals surface area contributed by atoms with E-state index in [0.717, 1.165) is 11.1 Å². The lowest BCUT2D eigenvalue weighted by Crippen LogP contribution is -2.16. The van der Waals surface area contributed by atoms with Crippen molar-refractivity contribution in [3.8, 4) is 34.1 Å². The Kier molecular flexibility index (Phi) is 10.8. The number of carboxylic acids is 2. The summed E-state index contributed by atoms with van der Waals surface area (Å²) in [6.45, 7) is 7.31. The number of carbonyl (C=O) groups is 4. The number of amides is 2. The summed E-state index contributed by atoms with van der Waals surface area (Å²) < 4.78 is 12.0. The second kappa shape index (κ2) is 16.1. The van der Waals surface area contributed by atoms with Gasteiger partial charge in [0.15, 0.2) is 0 Å². The summed E-state index contributed by atoms with van der Waals surface area (Å²) in [6, 6.07) is 37.5. The Morgan fingerprint density at radius 2 is 0.796 bits per heavy atom. The maximum absolute atomic E-state index is 12.9. The van der Waals surface area contributed by atoms with E-state index in [1.165, 1.54) is 36.4 Å². The van der Waals surface area contributed by atoms with Gasteiger partial charge in [-0.25, -0.2) is 9.59 Å². The molecule has 0 unspecified atom stereocenters. The lowest BCUT2D eigenvalue weighted by atomic mass is 10.0. The lowest BCUT2D eigenvalue weighted by Gasteiger charge is -2.11. The Hall–Kier alpha value is -7.72. The van der Waals surface area contributed by atoms with Crippen molar-refractivity contribution in [3.05, 3.63) is 180 Å². The molecule has 0 aromatic heterocycles. The molecule has 0 spiro atoms. The van der Waals surface area contributed by atoms with Gasteiger partial charge in [-0.05, 0) is 119 Å². The predicted octanol–water partition coefficient (Wildman–Crippen LogP) is 10.1. The van der Waals surface area contributed by atoms with E-state index in [2.05, 4.69) is 23.8 Å². The van der Waals surface area contributed by atoms with Crippen molar-refractivity contribution in [2.75, 3.05) is 10.6 Å². The third-order valence-electron chi connectivity index (χ3n) is 8.25. The van der Waals surface area contributed by atoms with Gasteiger partial charge in [-0.3, -0.25) is 9.59 Å². The van der Waals surface area contributed by atoms with Crippen LogP contribution in [-0.2, 0) is 0 Å². The van der Waals surface area contributed by atoms with Gasteiger partial charge in [0.25, 0.3) is 11.8 Å². The molecular weight excluding hydrogens is 684 g/mol. The number of carboxylic acid groups (broad SMARTS) is 2. The number of hydrogen-bond acceptors (Lipinski definition) is 6. The molecule has 4 N–H and O–H groups in total. The molecule has 2 amide bonds. The van der Waals surface area contributed by atoms with Crippen LogP contribution in [0.2, 0.25) is 0 Å². The normalized spacial score (nSPS) is 10.4. The number of anilines is 2. The third kappa shape index (κ3) is 8.59. The van der Waals surface area contributed by atoms with Crippen LogP contribution in [0.3, 0.4) is 0 Å². The fraction of sp³-hybridized carbons (Fsp3) is 0. The summed E-state index contributed by atoms with van der Waals surface area (Å²) in [7, 11) is 0. The fourth-order valence-corrected chi connectivity index (χ4v) is 5.44. The van der Waals surface area contributed by atoms with Gasteiger partial charge in [0.05, 0.1) is 22.3 Å². The zero-order chi connectivity index (χ0) is 38.2. The second-order valence-corrected chi connectivity index (χ2v) is 11.8. The number of hydrogen-bond donors (Lipinski definition) is 4. The standard InChI is InChI=1S/C44H32N2O8/c1-3-27-6-24-38(43(49)50)39(25-27)42(48)46-32-13-21-36(22-14-32)54-34-17-9-30(10-18-34)29-7-15-33(16-8-29)53-35-19-11-31(12-20-35)45-41(47)37-23-5-28(4-2)26-40(37)44(51)52/h3-26H,1-2H2,(H,45,47)(H,46,48)(H,49,50)(H,51,52). The highest BCUT2D eigenvalue weighted by atomic mass is 16.5. The van der Waals surface area contributed by atoms with Gasteiger partial charge in [-0.2, -0.15) is 0 Å². The summed E-state index contributed by atoms with van der Waals surface area (Å²) in [4.78, 5) is 49.0. The molecule has 0 saturated carbocycles. The Morgan fingerprint density at radius 3 is 1.19 bits per heavy atom. The van der Waals surface area contributed by atoms with E-state index < -0.39 is 23.8 Å². The van der Waals surface area contributed by atoms with E-state index in [0.29, 0.717) is 45.5 Å². The molecule has 54 heavy (non-hydrogen) atoms. The quantitative estimate of drug-likeness (QED) is 0.0922. The zero-order valence-corrected chi connectivity index (χ0v) is 28.6. The maximum Gasteiger partial charge on any atom is 0.336 e. The van der Waals surface area contributed by atoms with E-state index in [-0.39, 0.29) is 22.3 Å². The molecule has 10 heteroatoms. The monoisotopic (exact) mass is 716 g/mol. The Morgan fingerprint density at radius 1 is 0.444 bits per heavy atom. The van der Waals surface area contributed by atoms with Crippen LogP contribution in [0.4, 0.5) is 11.4 Å². The van der Waals surface area contributed by atoms with E-state index in [4.69, 9.17) is 9.47 Å². The highest BCUT2D eigenvalue weighted by molar-refractivity contribution is 6.12. The molecule has 266 valence electrons. The van der Waals surface area contributed by atoms with Crippen molar-refractivity contribution < 1.29 is 38.9 Å². The first-order valence-corrected chi connectivity index (χ1v) is 16.5. The molecule has 6 aromatic rings. The number of benzene rings is 6. The van der Waals surface area contributed by atoms with Crippen molar-refractivity contribution in [2.45, 2.75) is 0 Å². The molecule has 0 bridgehead atoms. The number of rotatable bonds is 13. The smallest absolute Gasteiger partial charge is 0.336 e. The summed E-state index contributed by atoms with van der Waals surface area (Å²) >= 11 is 0. The third-order valence-corrected chi connectivity index (χ3v) is 8.25. The van der Waals surface area contributed by atoms with Gasteiger partial charge in [-0.1, -0.05) is 61.7 Å². The Balaban J connectivity index is 1.02. The number of aromatic carboxylic acids is 2. The highest BCUT2D eigenvalue weighted by Gasteiger charge is 2.18. The highest BCUT2D eigenvalue weighted by Crippen LogP contribution is 2.30. The van der Waals surface area contributed by atoms with E-state index in [1.54, 1.807) is 60.7 Å². The zero-order valence-electron chi connectivity index (χ0n) is 28.6. The SMILES string of the molecule is C=Cc1ccc(C(=O)Nc2ccc(Oc3ccc(-c4ccc(Oc5ccc(NC(=O)c6cc(C=C)ccc6C(=O)O)cc5)cc4)cc3)cc2)c(C(=O)O)c1. The number of ether oxygens (including phenoxy) is 2. The maximum atomic E-state index is 12.9. The number of carbonyl (C=O) groups excluding carboxylic acids is 2. The number of nitrogens with one attached hydrogen (secondary N) is 2. The molecule has 0 saturated heterocycles. The topological polar surface area (TPSA) is 151 Å². The summed E-state index contributed by atoms with van der Waals surface area (Å²) in [6.07, 6.45) is 3.05. The first-order chi connectivity index (χ1) is 26.1. The van der Waals surface area contributed by atoms with Gasteiger partial charge < -0.3 is 30.3 Å². The van der Waals surface area contributed by atoms with Gasteiger partial charge in [-0.15, -0.1) is 0 Å². The lowest BCUT2D eigenvalue weighted by molar-refractivity contribution is 0.0683. The Labute approximate surface area is 310 Å². The first kappa shape index (κ1) is 36.1.